The van der Waals surface area contributed by atoms with Crippen molar-refractivity contribution >= 4 is 5.91 Å². The van der Waals surface area contributed by atoms with Crippen LogP contribution in [0, 0.1) is 0 Å². The maximum absolute atomic E-state index is 11.4. The van der Waals surface area contributed by atoms with Crippen molar-refractivity contribution in [3.63, 3.8) is 0 Å². The minimum Gasteiger partial charge on any atom is -0.379 e. The van der Waals surface area contributed by atoms with Crippen molar-refractivity contribution in [1.29, 1.82) is 0 Å². The van der Waals surface area contributed by atoms with E-state index in [1.165, 1.54) is 0 Å². The molecule has 14 heavy (non-hydrogen) atoms. The predicted molar refractivity (Wildman–Crippen MR) is 54.8 cm³/mol. The summed E-state index contributed by atoms with van der Waals surface area (Å²) in [6.45, 7) is 1.84. The van der Waals surface area contributed by atoms with Crippen LogP contribution in [0.3, 0.4) is 0 Å². The monoisotopic (exact) mass is 200 g/mol. The van der Waals surface area contributed by atoms with Gasteiger partial charge < -0.3 is 15.8 Å². The first-order chi connectivity index (χ1) is 6.63. The zero-order valence-electron chi connectivity index (χ0n) is 8.95. The van der Waals surface area contributed by atoms with Crippen LogP contribution in [0.25, 0.3) is 0 Å². The lowest BCUT2D eigenvalue weighted by molar-refractivity contribution is -0.122. The van der Waals surface area contributed by atoms with Gasteiger partial charge in [0.25, 0.3) is 0 Å². The number of hydrogen-bond donors (Lipinski definition) is 2. The lowest BCUT2D eigenvalue weighted by Crippen LogP contribution is -2.42. The fourth-order valence-electron chi connectivity index (χ4n) is 1.93. The molecule has 0 radical (unpaired) electrons. The molecule has 1 saturated carbocycles. The van der Waals surface area contributed by atoms with Crippen LogP contribution in [0.1, 0.15) is 32.6 Å². The van der Waals surface area contributed by atoms with E-state index in [0.29, 0.717) is 6.42 Å². The summed E-state index contributed by atoms with van der Waals surface area (Å²) in [4.78, 5) is 11.4. The molecule has 0 bridgehead atoms. The van der Waals surface area contributed by atoms with Gasteiger partial charge in [0.2, 0.25) is 5.91 Å². The Morgan fingerprint density at radius 3 is 2.93 bits per heavy atom. The van der Waals surface area contributed by atoms with Crippen molar-refractivity contribution in [2.24, 2.45) is 5.73 Å². The topological polar surface area (TPSA) is 64.3 Å². The molecular formula is C10H20N2O2. The highest BCUT2D eigenvalue weighted by Crippen LogP contribution is 2.21. The highest BCUT2D eigenvalue weighted by atomic mass is 16.5. The van der Waals surface area contributed by atoms with Crippen LogP contribution in [-0.2, 0) is 9.53 Å². The molecule has 0 aliphatic heterocycles. The molecule has 1 rings (SSSR count). The molecule has 82 valence electrons. The van der Waals surface area contributed by atoms with Gasteiger partial charge in [-0.05, 0) is 26.2 Å². The first-order valence-electron chi connectivity index (χ1n) is 5.21. The van der Waals surface area contributed by atoms with Crippen LogP contribution in [0.2, 0.25) is 0 Å². The van der Waals surface area contributed by atoms with E-state index >= 15 is 0 Å². The maximum atomic E-state index is 11.4. The Labute approximate surface area is 85.2 Å². The SMILES string of the molecule is COC1CCCC1NC(=O)CC(C)N. The van der Waals surface area contributed by atoms with E-state index in [2.05, 4.69) is 5.32 Å². The Balaban J connectivity index is 2.32. The first kappa shape index (κ1) is 11.5. The van der Waals surface area contributed by atoms with Crippen molar-refractivity contribution in [2.45, 2.75) is 50.8 Å². The third-order valence-corrected chi connectivity index (χ3v) is 2.61. The number of amides is 1. The van der Waals surface area contributed by atoms with Crippen LogP contribution in [0.4, 0.5) is 0 Å². The smallest absolute Gasteiger partial charge is 0.221 e. The number of ether oxygens (including phenoxy) is 1. The highest BCUT2D eigenvalue weighted by Gasteiger charge is 2.28. The molecule has 1 aliphatic carbocycles. The summed E-state index contributed by atoms with van der Waals surface area (Å²) in [5, 5.41) is 2.97. The molecule has 4 heteroatoms. The van der Waals surface area contributed by atoms with E-state index in [1.54, 1.807) is 7.11 Å². The number of carbonyl (C=O) groups excluding carboxylic acids is 1. The van der Waals surface area contributed by atoms with Gasteiger partial charge in [-0.15, -0.1) is 0 Å². The average Bonchev–Trinajstić information content (AvgIpc) is 2.50. The minimum absolute atomic E-state index is 0.0361. The molecule has 3 N–H and O–H groups in total. The summed E-state index contributed by atoms with van der Waals surface area (Å²) in [5.74, 6) is 0.0361. The van der Waals surface area contributed by atoms with Crippen LogP contribution in [0.15, 0.2) is 0 Å². The molecule has 0 saturated heterocycles. The number of hydrogen-bond acceptors (Lipinski definition) is 3. The van der Waals surface area contributed by atoms with Gasteiger partial charge in [-0.2, -0.15) is 0 Å². The van der Waals surface area contributed by atoms with E-state index in [1.807, 2.05) is 6.92 Å². The van der Waals surface area contributed by atoms with Gasteiger partial charge in [0.15, 0.2) is 0 Å². The van der Waals surface area contributed by atoms with Crippen LogP contribution in [-0.4, -0.2) is 31.2 Å². The van der Waals surface area contributed by atoms with Gasteiger partial charge in [-0.3, -0.25) is 4.79 Å². The van der Waals surface area contributed by atoms with E-state index in [-0.39, 0.29) is 24.1 Å². The van der Waals surface area contributed by atoms with Crippen molar-refractivity contribution in [2.75, 3.05) is 7.11 Å². The van der Waals surface area contributed by atoms with Gasteiger partial charge >= 0.3 is 0 Å². The summed E-state index contributed by atoms with van der Waals surface area (Å²) in [7, 11) is 1.70. The largest absolute Gasteiger partial charge is 0.379 e. The second kappa shape index (κ2) is 5.32. The van der Waals surface area contributed by atoms with E-state index in [9.17, 15) is 4.79 Å². The Morgan fingerprint density at radius 2 is 2.36 bits per heavy atom. The second-order valence-electron chi connectivity index (χ2n) is 4.06. The van der Waals surface area contributed by atoms with Crippen molar-refractivity contribution in [3.8, 4) is 0 Å². The maximum Gasteiger partial charge on any atom is 0.221 e. The standard InChI is InChI=1S/C10H20N2O2/c1-7(11)6-10(13)12-8-4-3-5-9(8)14-2/h7-9H,3-6,11H2,1-2H3,(H,12,13). The van der Waals surface area contributed by atoms with Gasteiger partial charge in [-0.25, -0.2) is 0 Å². The molecule has 0 aromatic carbocycles. The number of nitrogens with one attached hydrogen (secondary N) is 1. The van der Waals surface area contributed by atoms with Crippen molar-refractivity contribution in [3.05, 3.63) is 0 Å². The summed E-state index contributed by atoms with van der Waals surface area (Å²) in [6.07, 6.45) is 3.77. The number of carbonyl (C=O) groups is 1. The Morgan fingerprint density at radius 1 is 1.64 bits per heavy atom. The Hall–Kier alpha value is -0.610. The number of nitrogens with two attached hydrogens (primary N) is 1. The molecule has 0 aromatic heterocycles. The van der Waals surface area contributed by atoms with Crippen LogP contribution in [0.5, 0.6) is 0 Å². The number of methoxy groups -OCH3 is 1. The van der Waals surface area contributed by atoms with Gasteiger partial charge in [0.05, 0.1) is 12.1 Å². The van der Waals surface area contributed by atoms with Crippen molar-refractivity contribution in [1.82, 2.24) is 5.32 Å². The number of rotatable bonds is 4. The molecule has 4 nitrogen and oxygen atoms in total. The predicted octanol–water partition coefficient (Wildman–Crippen LogP) is 0.407. The van der Waals surface area contributed by atoms with Gasteiger partial charge in [0, 0.05) is 19.6 Å². The molecule has 0 heterocycles. The first-order valence-corrected chi connectivity index (χ1v) is 5.21. The normalized spacial score (nSPS) is 28.8. The lowest BCUT2D eigenvalue weighted by Gasteiger charge is -2.20. The van der Waals surface area contributed by atoms with Crippen LogP contribution < -0.4 is 11.1 Å². The molecule has 1 amide bonds. The summed E-state index contributed by atoms with van der Waals surface area (Å²) in [5.41, 5.74) is 5.54. The summed E-state index contributed by atoms with van der Waals surface area (Å²) >= 11 is 0. The third kappa shape index (κ3) is 3.27. The Kier molecular flexibility index (Phi) is 4.35. The van der Waals surface area contributed by atoms with E-state index in [0.717, 1.165) is 19.3 Å². The Bertz CT molecular complexity index is 195. The zero-order chi connectivity index (χ0) is 10.6. The van der Waals surface area contributed by atoms with Crippen molar-refractivity contribution < 1.29 is 9.53 Å². The fourth-order valence-corrected chi connectivity index (χ4v) is 1.93. The molecule has 1 fully saturated rings. The van der Waals surface area contributed by atoms with E-state index in [4.69, 9.17) is 10.5 Å². The summed E-state index contributed by atoms with van der Waals surface area (Å²) < 4.78 is 5.28. The van der Waals surface area contributed by atoms with Gasteiger partial charge in [0.1, 0.15) is 0 Å². The zero-order valence-corrected chi connectivity index (χ0v) is 8.95. The van der Waals surface area contributed by atoms with Gasteiger partial charge in [-0.1, -0.05) is 0 Å². The third-order valence-electron chi connectivity index (χ3n) is 2.61. The minimum atomic E-state index is -0.0719. The average molecular weight is 200 g/mol. The fraction of sp³-hybridized carbons (Fsp3) is 0.900. The highest BCUT2D eigenvalue weighted by molar-refractivity contribution is 5.76. The molecule has 3 atom stereocenters. The molecule has 3 unspecified atom stereocenters. The lowest BCUT2D eigenvalue weighted by atomic mass is 10.2. The molecule has 0 aromatic rings. The van der Waals surface area contributed by atoms with Crippen LogP contribution >= 0.6 is 0 Å². The molecule has 0 spiro atoms. The summed E-state index contributed by atoms with van der Waals surface area (Å²) in [6, 6.07) is 0.114. The molecular weight excluding hydrogens is 180 g/mol. The quantitative estimate of drug-likeness (QED) is 0.690. The molecule has 1 aliphatic rings. The second-order valence-corrected chi connectivity index (χ2v) is 4.06. The van der Waals surface area contributed by atoms with E-state index < -0.39 is 0 Å².